The summed E-state index contributed by atoms with van der Waals surface area (Å²) in [5, 5.41) is 2.58. The highest BCUT2D eigenvalue weighted by Gasteiger charge is 2.29. The van der Waals surface area contributed by atoms with Crippen LogP contribution in [-0.4, -0.2) is 39.4 Å². The van der Waals surface area contributed by atoms with Crippen LogP contribution in [0, 0.1) is 0 Å². The Morgan fingerprint density at radius 2 is 1.59 bits per heavy atom. The van der Waals surface area contributed by atoms with Crippen LogP contribution in [0.4, 0.5) is 5.69 Å². The van der Waals surface area contributed by atoms with Crippen molar-refractivity contribution in [1.29, 1.82) is 0 Å². The van der Waals surface area contributed by atoms with E-state index in [2.05, 4.69) is 5.32 Å². The molecule has 0 aliphatic rings. The molecule has 0 unspecified atom stereocenters. The van der Waals surface area contributed by atoms with Crippen LogP contribution in [0.2, 0.25) is 0 Å². The molecule has 0 aliphatic heterocycles. The van der Waals surface area contributed by atoms with Gasteiger partial charge in [0, 0.05) is 12.6 Å². The van der Waals surface area contributed by atoms with Gasteiger partial charge < -0.3 is 5.32 Å². The van der Waals surface area contributed by atoms with Crippen LogP contribution in [0.25, 0.3) is 0 Å². The average molecular weight is 257 g/mol. The van der Waals surface area contributed by atoms with Gasteiger partial charge in [0.25, 0.3) is 0 Å². The lowest BCUT2D eigenvalue weighted by Gasteiger charge is -2.22. The number of nitrogens with one attached hydrogen (secondary N) is 1. The van der Waals surface area contributed by atoms with Crippen LogP contribution >= 0.6 is 0 Å². The molecule has 94 valence electrons. The molecule has 1 N–H and O–H groups in total. The summed E-state index contributed by atoms with van der Waals surface area (Å²) in [6.07, 6.45) is 0. The number of carbonyl (C=O) groups is 1. The molecule has 0 atom stereocenters. The lowest BCUT2D eigenvalue weighted by Crippen LogP contribution is -2.40. The number of anilines is 1. The van der Waals surface area contributed by atoms with Gasteiger partial charge in [-0.2, -0.15) is 8.42 Å². The van der Waals surface area contributed by atoms with E-state index in [9.17, 15) is 13.2 Å². The van der Waals surface area contributed by atoms with E-state index in [4.69, 9.17) is 0 Å². The molecule has 6 heteroatoms. The molecule has 1 rings (SSSR count). The molecular formula is C11H17N2O3S+. The van der Waals surface area contributed by atoms with Crippen LogP contribution < -0.4 is 5.32 Å². The molecule has 0 heterocycles. The SMILES string of the molecule is CC(=O)Nc1ccc(S(=O)(=O)[N+](C)(C)C)cc1. The summed E-state index contributed by atoms with van der Waals surface area (Å²) in [4.78, 5) is 11.1. The van der Waals surface area contributed by atoms with Crippen LogP contribution in [0.15, 0.2) is 29.2 Å². The Hall–Kier alpha value is -1.40. The number of amides is 1. The van der Waals surface area contributed by atoms with Crippen molar-refractivity contribution in [3.63, 3.8) is 0 Å². The number of carbonyl (C=O) groups excluding carboxylic acids is 1. The van der Waals surface area contributed by atoms with Gasteiger partial charge in [-0.3, -0.25) is 4.79 Å². The minimum atomic E-state index is -3.40. The first-order valence-corrected chi connectivity index (χ1v) is 6.53. The van der Waals surface area contributed by atoms with Crippen molar-refractivity contribution >= 4 is 21.6 Å². The fourth-order valence-electron chi connectivity index (χ4n) is 1.23. The molecule has 0 fully saturated rings. The summed E-state index contributed by atoms with van der Waals surface area (Å²) >= 11 is 0. The van der Waals surface area contributed by atoms with Crippen molar-refractivity contribution < 1.29 is 17.1 Å². The van der Waals surface area contributed by atoms with Gasteiger partial charge in [-0.1, -0.05) is 0 Å². The second-order valence-corrected chi connectivity index (χ2v) is 7.09. The van der Waals surface area contributed by atoms with E-state index in [0.29, 0.717) is 5.69 Å². The van der Waals surface area contributed by atoms with E-state index in [1.165, 1.54) is 19.1 Å². The normalized spacial score (nSPS) is 12.2. The van der Waals surface area contributed by atoms with Crippen LogP contribution in [0.1, 0.15) is 6.92 Å². The third-order valence-electron chi connectivity index (χ3n) is 2.19. The van der Waals surface area contributed by atoms with E-state index in [-0.39, 0.29) is 14.7 Å². The maximum Gasteiger partial charge on any atom is 0.326 e. The molecule has 1 aromatic rings. The quantitative estimate of drug-likeness (QED) is 0.823. The number of benzene rings is 1. The van der Waals surface area contributed by atoms with Crippen molar-refractivity contribution in [2.24, 2.45) is 0 Å². The van der Waals surface area contributed by atoms with Crippen molar-refractivity contribution in [3.8, 4) is 0 Å². The Bertz CT molecular complexity index is 513. The predicted molar refractivity (Wildman–Crippen MR) is 66.0 cm³/mol. The molecule has 5 nitrogen and oxygen atoms in total. The molecule has 0 spiro atoms. The zero-order valence-corrected chi connectivity index (χ0v) is 11.2. The van der Waals surface area contributed by atoms with Gasteiger partial charge >= 0.3 is 10.0 Å². The summed E-state index contributed by atoms with van der Waals surface area (Å²) in [7, 11) is 1.39. The molecule has 1 amide bonds. The summed E-state index contributed by atoms with van der Waals surface area (Å²) in [6, 6.07) is 6.13. The Morgan fingerprint density at radius 3 is 1.94 bits per heavy atom. The number of nitrogens with zero attached hydrogens (tertiary/aromatic N) is 1. The van der Waals surface area contributed by atoms with Crippen molar-refractivity contribution in [3.05, 3.63) is 24.3 Å². The average Bonchev–Trinajstić information content (AvgIpc) is 2.15. The van der Waals surface area contributed by atoms with E-state index >= 15 is 0 Å². The Kier molecular flexibility index (Phi) is 3.59. The Balaban J connectivity index is 3.08. The lowest BCUT2D eigenvalue weighted by atomic mass is 10.3. The van der Waals surface area contributed by atoms with Crippen molar-refractivity contribution in [1.82, 2.24) is 0 Å². The summed E-state index contributed by atoms with van der Waals surface area (Å²) < 4.78 is 24.0. The first-order valence-electron chi connectivity index (χ1n) is 5.09. The predicted octanol–water partition coefficient (Wildman–Crippen LogP) is 1.04. The molecular weight excluding hydrogens is 240 g/mol. The molecule has 0 saturated heterocycles. The van der Waals surface area contributed by atoms with Gasteiger partial charge in [0.15, 0.2) is 0 Å². The number of hydrogen-bond donors (Lipinski definition) is 1. The molecule has 0 aromatic heterocycles. The molecule has 0 radical (unpaired) electrons. The maximum atomic E-state index is 12.1. The van der Waals surface area contributed by atoms with Gasteiger partial charge in [0.05, 0.1) is 21.1 Å². The van der Waals surface area contributed by atoms with Crippen LogP contribution in [-0.2, 0) is 14.8 Å². The standard InChI is InChI=1S/C11H16N2O3S/c1-9(14)12-10-5-7-11(8-6-10)17(15,16)13(2,3)4/h5-8H,1-4H3/p+1. The number of sulfonamides is 1. The largest absolute Gasteiger partial charge is 0.326 e. The van der Waals surface area contributed by atoms with E-state index in [1.54, 1.807) is 33.3 Å². The first-order chi connectivity index (χ1) is 7.64. The highest BCUT2D eigenvalue weighted by Crippen LogP contribution is 2.19. The van der Waals surface area contributed by atoms with Crippen LogP contribution in [0.3, 0.4) is 0 Å². The summed E-state index contributed by atoms with van der Waals surface area (Å²) in [6.45, 7) is 1.40. The zero-order valence-electron chi connectivity index (χ0n) is 10.4. The van der Waals surface area contributed by atoms with Gasteiger partial charge in [0.2, 0.25) is 5.91 Å². The molecule has 1 aromatic carbocycles. The number of rotatable bonds is 3. The smallest absolute Gasteiger partial charge is 0.326 e. The number of quaternary nitrogens is 1. The second kappa shape index (κ2) is 4.46. The van der Waals surface area contributed by atoms with Gasteiger partial charge in [0.1, 0.15) is 4.90 Å². The van der Waals surface area contributed by atoms with Crippen LogP contribution in [0.5, 0.6) is 0 Å². The number of hydrogen-bond acceptors (Lipinski definition) is 3. The Labute approximate surface area is 102 Å². The molecule has 0 saturated carbocycles. The highest BCUT2D eigenvalue weighted by atomic mass is 32.2. The van der Waals surface area contributed by atoms with Gasteiger partial charge in [-0.25, -0.2) is 3.89 Å². The monoisotopic (exact) mass is 257 g/mol. The van der Waals surface area contributed by atoms with Crippen molar-refractivity contribution in [2.45, 2.75) is 11.8 Å². The molecule has 0 aliphatic carbocycles. The molecule has 17 heavy (non-hydrogen) atoms. The second-order valence-electron chi connectivity index (χ2n) is 4.57. The third-order valence-corrected chi connectivity index (χ3v) is 4.50. The fraction of sp³-hybridized carbons (Fsp3) is 0.364. The minimum absolute atomic E-state index is 0.174. The summed E-state index contributed by atoms with van der Waals surface area (Å²) in [5.41, 5.74) is 0.581. The Morgan fingerprint density at radius 1 is 1.12 bits per heavy atom. The summed E-state index contributed by atoms with van der Waals surface area (Å²) in [5.74, 6) is -0.188. The lowest BCUT2D eigenvalue weighted by molar-refractivity contribution is -0.739. The van der Waals surface area contributed by atoms with E-state index in [0.717, 1.165) is 0 Å². The third kappa shape index (κ3) is 3.04. The van der Waals surface area contributed by atoms with Gasteiger partial charge in [-0.05, 0) is 24.3 Å². The zero-order chi connectivity index (χ0) is 13.3. The van der Waals surface area contributed by atoms with E-state index in [1.807, 2.05) is 0 Å². The minimum Gasteiger partial charge on any atom is -0.326 e. The first kappa shape index (κ1) is 13.7. The maximum absolute atomic E-state index is 12.1. The highest BCUT2D eigenvalue weighted by molar-refractivity contribution is 7.85. The van der Waals surface area contributed by atoms with E-state index < -0.39 is 10.0 Å². The fourth-order valence-corrected chi connectivity index (χ4v) is 2.34. The molecule has 0 bridgehead atoms. The van der Waals surface area contributed by atoms with Gasteiger partial charge in [-0.15, -0.1) is 0 Å². The van der Waals surface area contributed by atoms with Crippen molar-refractivity contribution in [2.75, 3.05) is 26.5 Å². The topological polar surface area (TPSA) is 63.2 Å².